The van der Waals surface area contributed by atoms with Crippen molar-refractivity contribution in [3.05, 3.63) is 42.6 Å². The van der Waals surface area contributed by atoms with E-state index in [1.807, 2.05) is 36.4 Å². The molecule has 0 spiro atoms. The van der Waals surface area contributed by atoms with Gasteiger partial charge >= 0.3 is 6.03 Å². The first-order valence-corrected chi connectivity index (χ1v) is 6.98. The number of hydrogen-bond donors (Lipinski definition) is 2. The fraction of sp³-hybridized carbons (Fsp3) is 0.267. The van der Waals surface area contributed by atoms with E-state index >= 15 is 0 Å². The van der Waals surface area contributed by atoms with E-state index in [0.717, 1.165) is 24.3 Å². The molecule has 21 heavy (non-hydrogen) atoms. The minimum Gasteiger partial charge on any atom is -0.352 e. The molecule has 1 aromatic heterocycles. The van der Waals surface area contributed by atoms with E-state index in [-0.39, 0.29) is 6.03 Å². The van der Waals surface area contributed by atoms with Crippen LogP contribution in [0.1, 0.15) is 0 Å². The van der Waals surface area contributed by atoms with Crippen LogP contribution in [-0.2, 0) is 0 Å². The van der Waals surface area contributed by atoms with Gasteiger partial charge in [-0.15, -0.1) is 0 Å². The van der Waals surface area contributed by atoms with Crippen molar-refractivity contribution in [1.82, 2.24) is 20.2 Å². The van der Waals surface area contributed by atoms with Gasteiger partial charge in [0, 0.05) is 37.9 Å². The minimum absolute atomic E-state index is 0.00393. The number of nitrogens with zero attached hydrogens (tertiary/aromatic N) is 3. The van der Waals surface area contributed by atoms with Gasteiger partial charge in [-0.2, -0.15) is 0 Å². The van der Waals surface area contributed by atoms with Crippen molar-refractivity contribution < 1.29 is 4.79 Å². The van der Waals surface area contributed by atoms with Crippen molar-refractivity contribution in [2.45, 2.75) is 0 Å². The van der Waals surface area contributed by atoms with Crippen LogP contribution >= 0.6 is 0 Å². The van der Waals surface area contributed by atoms with Crippen molar-refractivity contribution in [1.29, 1.82) is 0 Å². The van der Waals surface area contributed by atoms with E-state index in [1.165, 1.54) is 0 Å². The Balaban J connectivity index is 1.60. The molecule has 1 aliphatic heterocycles. The van der Waals surface area contributed by atoms with Gasteiger partial charge in [-0.25, -0.2) is 14.8 Å². The number of benzene rings is 1. The summed E-state index contributed by atoms with van der Waals surface area (Å²) in [7, 11) is 0. The highest BCUT2D eigenvalue weighted by atomic mass is 16.2. The summed E-state index contributed by atoms with van der Waals surface area (Å²) in [5, 5.41) is 5.94. The Morgan fingerprint density at radius 2 is 2.10 bits per heavy atom. The molecule has 2 heterocycles. The first-order chi connectivity index (χ1) is 10.3. The summed E-state index contributed by atoms with van der Waals surface area (Å²) in [5.41, 5.74) is 1.94. The summed E-state index contributed by atoms with van der Waals surface area (Å²) in [6.45, 7) is 2.75. The summed E-state index contributed by atoms with van der Waals surface area (Å²) in [6.07, 6.45) is 1.74. The monoisotopic (exact) mass is 283 g/mol. The van der Waals surface area contributed by atoms with Crippen LogP contribution in [0.5, 0.6) is 0 Å². The predicted molar refractivity (Wildman–Crippen MR) is 80.9 cm³/mol. The van der Waals surface area contributed by atoms with E-state index in [9.17, 15) is 4.79 Å². The fourth-order valence-electron chi connectivity index (χ4n) is 2.24. The molecule has 1 aromatic carbocycles. The molecule has 6 nitrogen and oxygen atoms in total. The largest absolute Gasteiger partial charge is 0.352 e. The third-order valence-electron chi connectivity index (χ3n) is 3.34. The number of amides is 2. The third kappa shape index (κ3) is 3.28. The van der Waals surface area contributed by atoms with E-state index in [1.54, 1.807) is 11.1 Å². The van der Waals surface area contributed by atoms with E-state index in [0.29, 0.717) is 19.0 Å². The lowest BCUT2D eigenvalue weighted by Crippen LogP contribution is -2.32. The summed E-state index contributed by atoms with van der Waals surface area (Å²) < 4.78 is 0. The number of aromatic nitrogens is 2. The van der Waals surface area contributed by atoms with E-state index in [4.69, 9.17) is 0 Å². The molecule has 6 heteroatoms. The topological polar surface area (TPSA) is 70.2 Å². The molecule has 0 radical (unpaired) electrons. The molecule has 0 unspecified atom stereocenters. The Hall–Kier alpha value is -2.63. The molecule has 0 aliphatic carbocycles. The predicted octanol–water partition coefficient (Wildman–Crippen LogP) is 1.58. The Labute approximate surface area is 123 Å². The highest BCUT2D eigenvalue weighted by Gasteiger charge is 2.18. The quantitative estimate of drug-likeness (QED) is 0.874. The number of carbonyl (C=O) groups excluding carboxylic acids is 1. The van der Waals surface area contributed by atoms with Gasteiger partial charge in [0.05, 0.1) is 5.69 Å². The summed E-state index contributed by atoms with van der Waals surface area (Å²) >= 11 is 0. The summed E-state index contributed by atoms with van der Waals surface area (Å²) in [6, 6.07) is 11.9. The lowest BCUT2D eigenvalue weighted by Gasteiger charge is -2.14. The van der Waals surface area contributed by atoms with Gasteiger partial charge in [0.15, 0.2) is 0 Å². The normalized spacial score (nSPS) is 14.1. The molecule has 2 amide bonds. The molecule has 2 N–H and O–H groups in total. The Bertz CT molecular complexity index is 616. The van der Waals surface area contributed by atoms with Crippen LogP contribution in [0.3, 0.4) is 0 Å². The van der Waals surface area contributed by atoms with Gasteiger partial charge in [-0.3, -0.25) is 0 Å². The third-order valence-corrected chi connectivity index (χ3v) is 3.34. The second kappa shape index (κ2) is 6.21. The standard InChI is InChI=1S/C15H17N5O/c21-15-18-9-11-20(15)10-8-17-14-16-7-6-13(19-14)12-4-2-1-3-5-12/h1-7H,8-11H2,(H,18,21)(H,16,17,19). The van der Waals surface area contributed by atoms with Gasteiger partial charge in [0.1, 0.15) is 0 Å². The van der Waals surface area contributed by atoms with Crippen LogP contribution in [0, 0.1) is 0 Å². The Morgan fingerprint density at radius 1 is 1.24 bits per heavy atom. The van der Waals surface area contributed by atoms with Crippen LogP contribution < -0.4 is 10.6 Å². The molecule has 0 atom stereocenters. The highest BCUT2D eigenvalue weighted by Crippen LogP contribution is 2.16. The molecule has 1 aliphatic rings. The van der Waals surface area contributed by atoms with Crippen LogP contribution in [0.2, 0.25) is 0 Å². The molecular formula is C15H17N5O. The van der Waals surface area contributed by atoms with Crippen molar-refractivity contribution in [3.63, 3.8) is 0 Å². The average molecular weight is 283 g/mol. The van der Waals surface area contributed by atoms with Gasteiger partial charge in [0.2, 0.25) is 5.95 Å². The number of anilines is 1. The van der Waals surface area contributed by atoms with Crippen molar-refractivity contribution in [2.24, 2.45) is 0 Å². The first-order valence-electron chi connectivity index (χ1n) is 6.98. The smallest absolute Gasteiger partial charge is 0.317 e. The van der Waals surface area contributed by atoms with Gasteiger partial charge in [-0.05, 0) is 6.07 Å². The van der Waals surface area contributed by atoms with Crippen LogP contribution in [-0.4, -0.2) is 47.1 Å². The van der Waals surface area contributed by atoms with Crippen molar-refractivity contribution >= 4 is 12.0 Å². The second-order valence-electron chi connectivity index (χ2n) is 4.78. The van der Waals surface area contributed by atoms with E-state index in [2.05, 4.69) is 20.6 Å². The van der Waals surface area contributed by atoms with Crippen LogP contribution in [0.4, 0.5) is 10.7 Å². The zero-order chi connectivity index (χ0) is 14.5. The van der Waals surface area contributed by atoms with Crippen molar-refractivity contribution in [3.8, 4) is 11.3 Å². The van der Waals surface area contributed by atoms with E-state index < -0.39 is 0 Å². The molecule has 0 saturated carbocycles. The Morgan fingerprint density at radius 3 is 2.86 bits per heavy atom. The molecule has 0 bridgehead atoms. The van der Waals surface area contributed by atoms with Gasteiger partial charge < -0.3 is 15.5 Å². The lowest BCUT2D eigenvalue weighted by atomic mass is 10.1. The van der Waals surface area contributed by atoms with Gasteiger partial charge in [0.25, 0.3) is 0 Å². The maximum atomic E-state index is 11.4. The number of nitrogens with one attached hydrogen (secondary N) is 2. The SMILES string of the molecule is O=C1NCCN1CCNc1nccc(-c2ccccc2)n1. The average Bonchev–Trinajstić information content (AvgIpc) is 2.94. The molecule has 2 aromatic rings. The number of rotatable bonds is 5. The van der Waals surface area contributed by atoms with Crippen molar-refractivity contribution in [2.75, 3.05) is 31.5 Å². The zero-order valence-electron chi connectivity index (χ0n) is 11.6. The molecular weight excluding hydrogens is 266 g/mol. The zero-order valence-corrected chi connectivity index (χ0v) is 11.6. The maximum Gasteiger partial charge on any atom is 0.317 e. The number of hydrogen-bond acceptors (Lipinski definition) is 4. The van der Waals surface area contributed by atoms with Crippen LogP contribution in [0.25, 0.3) is 11.3 Å². The highest BCUT2D eigenvalue weighted by molar-refractivity contribution is 5.76. The van der Waals surface area contributed by atoms with Crippen LogP contribution in [0.15, 0.2) is 42.6 Å². The Kier molecular flexibility index (Phi) is 3.95. The lowest BCUT2D eigenvalue weighted by molar-refractivity contribution is 0.219. The number of carbonyl (C=O) groups is 1. The molecule has 3 rings (SSSR count). The second-order valence-corrected chi connectivity index (χ2v) is 4.78. The fourth-order valence-corrected chi connectivity index (χ4v) is 2.24. The summed E-state index contributed by atoms with van der Waals surface area (Å²) in [5.74, 6) is 0.580. The molecule has 1 fully saturated rings. The van der Waals surface area contributed by atoms with Gasteiger partial charge in [-0.1, -0.05) is 30.3 Å². The molecule has 108 valence electrons. The number of urea groups is 1. The molecule has 1 saturated heterocycles. The summed E-state index contributed by atoms with van der Waals surface area (Å²) in [4.78, 5) is 21.9. The maximum absolute atomic E-state index is 11.4. The minimum atomic E-state index is -0.00393. The first kappa shape index (κ1) is 13.4.